The van der Waals surface area contributed by atoms with Crippen molar-refractivity contribution in [2.24, 2.45) is 4.99 Å². The number of hydrogen-bond donors (Lipinski definition) is 0. The van der Waals surface area contributed by atoms with Crippen LogP contribution in [0.2, 0.25) is 0 Å². The number of fused-ring (bicyclic) bond motifs is 2. The molecule has 198 valence electrons. The van der Waals surface area contributed by atoms with Crippen LogP contribution in [0, 0.1) is 0 Å². The monoisotopic (exact) mass is 547 g/mol. The molecule has 0 radical (unpaired) electrons. The summed E-state index contributed by atoms with van der Waals surface area (Å²) in [6, 6.07) is 24.1. The zero-order valence-corrected chi connectivity index (χ0v) is 22.7. The highest BCUT2D eigenvalue weighted by Crippen LogP contribution is 2.42. The summed E-state index contributed by atoms with van der Waals surface area (Å²) >= 11 is 1.27. The first-order valence-corrected chi connectivity index (χ1v) is 13.7. The molecule has 2 aromatic heterocycles. The van der Waals surface area contributed by atoms with E-state index in [1.165, 1.54) is 11.3 Å². The van der Waals surface area contributed by atoms with Gasteiger partial charge >= 0.3 is 5.97 Å². The molecule has 3 heterocycles. The number of rotatable bonds is 6. The van der Waals surface area contributed by atoms with Gasteiger partial charge in [0.25, 0.3) is 5.56 Å². The summed E-state index contributed by atoms with van der Waals surface area (Å²) in [7, 11) is 1.59. The SMILES string of the molecule is CCOC(=O)C1=C(c2ccccc2)N=c2sc(=Cc3cccnc3)c(=O)n2[C@@H]1c1c(OC)ccc2ccccc12. The van der Waals surface area contributed by atoms with Crippen LogP contribution in [0.15, 0.2) is 107 Å². The number of hydrogen-bond acceptors (Lipinski definition) is 7. The fourth-order valence-corrected chi connectivity index (χ4v) is 6.06. The highest BCUT2D eigenvalue weighted by atomic mass is 32.1. The number of methoxy groups -OCH3 is 1. The molecule has 0 bridgehead atoms. The standard InChI is InChI=1S/C32H25N3O4S/c1-3-39-31(37)27-28(22-12-5-4-6-13-22)34-32-35(30(36)25(40-32)18-20-10-9-17-33-19-20)29(27)26-23-14-8-7-11-21(23)15-16-24(26)38-2/h4-19,29H,3H2,1-2H3/t29-/m1/s1. The van der Waals surface area contributed by atoms with Gasteiger partial charge in [-0.3, -0.25) is 14.3 Å². The van der Waals surface area contributed by atoms with Crippen molar-refractivity contribution in [3.63, 3.8) is 0 Å². The molecule has 0 fully saturated rings. The maximum Gasteiger partial charge on any atom is 0.338 e. The molecule has 1 atom stereocenters. The Balaban J connectivity index is 1.76. The number of benzene rings is 3. The fraction of sp³-hybridized carbons (Fsp3) is 0.125. The zero-order chi connectivity index (χ0) is 27.6. The Bertz CT molecular complexity index is 1940. The predicted molar refractivity (Wildman–Crippen MR) is 156 cm³/mol. The minimum atomic E-state index is -0.845. The quantitative estimate of drug-likeness (QED) is 0.293. The lowest BCUT2D eigenvalue weighted by Gasteiger charge is -2.28. The summed E-state index contributed by atoms with van der Waals surface area (Å²) < 4.78 is 13.5. The van der Waals surface area contributed by atoms with Gasteiger partial charge in [-0.25, -0.2) is 9.79 Å². The normalized spacial score (nSPS) is 15.1. The molecule has 0 spiro atoms. The summed E-state index contributed by atoms with van der Waals surface area (Å²) in [5.74, 6) is 0.0216. The van der Waals surface area contributed by atoms with E-state index < -0.39 is 12.0 Å². The Kier molecular flexibility index (Phi) is 6.84. The molecule has 0 aliphatic carbocycles. The lowest BCUT2D eigenvalue weighted by atomic mass is 9.89. The Morgan fingerprint density at radius 1 is 1.02 bits per heavy atom. The Hall–Kier alpha value is -4.82. The van der Waals surface area contributed by atoms with Crippen LogP contribution in [0.3, 0.4) is 0 Å². The number of aromatic nitrogens is 2. The van der Waals surface area contributed by atoms with Crippen molar-refractivity contribution in [3.8, 4) is 5.75 Å². The van der Waals surface area contributed by atoms with Crippen molar-refractivity contribution in [1.82, 2.24) is 9.55 Å². The third-order valence-corrected chi connectivity index (χ3v) is 7.76. The van der Waals surface area contributed by atoms with Crippen LogP contribution in [0.1, 0.15) is 29.7 Å². The Labute approximate surface area is 234 Å². The second-order valence-corrected chi connectivity index (χ2v) is 10.1. The van der Waals surface area contributed by atoms with Gasteiger partial charge in [0.05, 0.1) is 29.5 Å². The van der Waals surface area contributed by atoms with E-state index in [-0.39, 0.29) is 17.7 Å². The second-order valence-electron chi connectivity index (χ2n) is 9.12. The van der Waals surface area contributed by atoms with Gasteiger partial charge in [-0.2, -0.15) is 0 Å². The van der Waals surface area contributed by atoms with Crippen LogP contribution in [-0.2, 0) is 9.53 Å². The third-order valence-electron chi connectivity index (χ3n) is 6.78. The van der Waals surface area contributed by atoms with Gasteiger partial charge < -0.3 is 9.47 Å². The maximum absolute atomic E-state index is 14.2. The van der Waals surface area contributed by atoms with E-state index in [0.717, 1.165) is 21.9 Å². The van der Waals surface area contributed by atoms with Gasteiger partial charge in [0.15, 0.2) is 4.80 Å². The topological polar surface area (TPSA) is 82.8 Å². The van der Waals surface area contributed by atoms with Crippen LogP contribution in [0.5, 0.6) is 5.75 Å². The van der Waals surface area contributed by atoms with Gasteiger partial charge in [-0.15, -0.1) is 0 Å². The summed E-state index contributed by atoms with van der Waals surface area (Å²) in [5.41, 5.74) is 2.72. The van der Waals surface area contributed by atoms with Gasteiger partial charge in [0.2, 0.25) is 0 Å². The van der Waals surface area contributed by atoms with Crippen molar-refractivity contribution in [2.45, 2.75) is 13.0 Å². The molecule has 6 rings (SSSR count). The van der Waals surface area contributed by atoms with Crippen LogP contribution in [-0.4, -0.2) is 29.2 Å². The number of thiazole rings is 1. The van der Waals surface area contributed by atoms with Gasteiger partial charge in [-0.1, -0.05) is 78.1 Å². The minimum absolute atomic E-state index is 0.176. The van der Waals surface area contributed by atoms with Crippen molar-refractivity contribution in [1.29, 1.82) is 0 Å². The first kappa shape index (κ1) is 25.5. The molecule has 40 heavy (non-hydrogen) atoms. The molecule has 3 aromatic carbocycles. The van der Waals surface area contributed by atoms with Gasteiger partial charge in [-0.05, 0) is 41.5 Å². The average Bonchev–Trinajstić information content (AvgIpc) is 3.31. The zero-order valence-electron chi connectivity index (χ0n) is 21.9. The van der Waals surface area contributed by atoms with Crippen molar-refractivity contribution < 1.29 is 14.3 Å². The lowest BCUT2D eigenvalue weighted by molar-refractivity contribution is -0.138. The summed E-state index contributed by atoms with van der Waals surface area (Å²) in [5, 5.41) is 1.82. The number of esters is 1. The van der Waals surface area contributed by atoms with Crippen molar-refractivity contribution in [3.05, 3.63) is 133 Å². The van der Waals surface area contributed by atoms with E-state index in [1.54, 1.807) is 37.1 Å². The lowest BCUT2D eigenvalue weighted by Crippen LogP contribution is -2.40. The third kappa shape index (κ3) is 4.42. The molecule has 5 aromatic rings. The molecule has 1 aliphatic rings. The van der Waals surface area contributed by atoms with E-state index in [0.29, 0.717) is 26.3 Å². The number of nitrogens with zero attached hydrogens (tertiary/aromatic N) is 3. The highest BCUT2D eigenvalue weighted by molar-refractivity contribution is 7.07. The smallest absolute Gasteiger partial charge is 0.338 e. The Morgan fingerprint density at radius 3 is 2.58 bits per heavy atom. The summed E-state index contributed by atoms with van der Waals surface area (Å²) in [6.45, 7) is 1.94. The van der Waals surface area contributed by atoms with E-state index in [1.807, 2.05) is 78.9 Å². The second kappa shape index (κ2) is 10.7. The molecule has 8 heteroatoms. The minimum Gasteiger partial charge on any atom is -0.496 e. The van der Waals surface area contributed by atoms with Crippen LogP contribution < -0.4 is 19.6 Å². The van der Waals surface area contributed by atoms with Crippen LogP contribution >= 0.6 is 11.3 Å². The van der Waals surface area contributed by atoms with Crippen LogP contribution in [0.4, 0.5) is 0 Å². The van der Waals surface area contributed by atoms with Crippen molar-refractivity contribution >= 4 is 39.9 Å². The summed E-state index contributed by atoms with van der Waals surface area (Å²) in [6.07, 6.45) is 5.18. The average molecular weight is 548 g/mol. The molecule has 0 unspecified atom stereocenters. The molecular weight excluding hydrogens is 522 g/mol. The van der Waals surface area contributed by atoms with E-state index in [2.05, 4.69) is 4.98 Å². The highest BCUT2D eigenvalue weighted by Gasteiger charge is 2.37. The fourth-order valence-electron chi connectivity index (χ4n) is 5.06. The largest absolute Gasteiger partial charge is 0.496 e. The predicted octanol–water partition coefficient (Wildman–Crippen LogP) is 4.49. The maximum atomic E-state index is 14.2. The first-order valence-electron chi connectivity index (χ1n) is 12.8. The summed E-state index contributed by atoms with van der Waals surface area (Å²) in [4.78, 5) is 37.5. The van der Waals surface area contributed by atoms with E-state index in [9.17, 15) is 9.59 Å². The number of ether oxygens (including phenoxy) is 2. The van der Waals surface area contributed by atoms with E-state index in [4.69, 9.17) is 14.5 Å². The van der Waals surface area contributed by atoms with Gasteiger partial charge in [0, 0.05) is 23.5 Å². The van der Waals surface area contributed by atoms with E-state index >= 15 is 0 Å². The van der Waals surface area contributed by atoms with Crippen LogP contribution in [0.25, 0.3) is 22.5 Å². The molecular formula is C32H25N3O4S. The first-order chi connectivity index (χ1) is 19.6. The Morgan fingerprint density at radius 2 is 1.82 bits per heavy atom. The number of pyridine rings is 1. The molecule has 0 amide bonds. The van der Waals surface area contributed by atoms with Crippen molar-refractivity contribution in [2.75, 3.05) is 13.7 Å². The molecule has 1 aliphatic heterocycles. The molecule has 7 nitrogen and oxygen atoms in total. The molecule has 0 saturated carbocycles. The number of carbonyl (C=O) groups is 1. The van der Waals surface area contributed by atoms with Gasteiger partial charge in [0.1, 0.15) is 11.8 Å². The molecule has 0 N–H and O–H groups in total. The molecule has 0 saturated heterocycles. The number of carbonyl (C=O) groups excluding carboxylic acids is 1.